The third-order valence-electron chi connectivity index (χ3n) is 4.92. The molecule has 0 saturated carbocycles. The van der Waals surface area contributed by atoms with E-state index < -0.39 is 12.0 Å². The standard InChI is InChI=1S/C23H20N2O4/c26-22(17-8-6-16(7-9-17)15-4-2-1-3-5-15)24-19-11-13-20-18(14-19)10-12-21(29-20)23(27)25-28/h1-9,11,13-14,21,28H,10,12H2,(H,24,26)(H,25,27). The van der Waals surface area contributed by atoms with Gasteiger partial charge in [-0.2, -0.15) is 0 Å². The molecule has 0 radical (unpaired) electrons. The van der Waals surface area contributed by atoms with E-state index in [1.165, 1.54) is 0 Å². The molecule has 0 aromatic heterocycles. The molecule has 0 fully saturated rings. The van der Waals surface area contributed by atoms with Crippen LogP contribution in [0.5, 0.6) is 5.75 Å². The van der Waals surface area contributed by atoms with Crippen LogP contribution in [0.2, 0.25) is 0 Å². The molecule has 6 heteroatoms. The van der Waals surface area contributed by atoms with Gasteiger partial charge < -0.3 is 10.1 Å². The summed E-state index contributed by atoms with van der Waals surface area (Å²) in [5.41, 5.74) is 5.90. The predicted molar refractivity (Wildman–Crippen MR) is 109 cm³/mol. The number of anilines is 1. The van der Waals surface area contributed by atoms with E-state index >= 15 is 0 Å². The molecule has 1 heterocycles. The molecule has 146 valence electrons. The fraction of sp³-hybridized carbons (Fsp3) is 0.130. The minimum Gasteiger partial charge on any atom is -0.480 e. The lowest BCUT2D eigenvalue weighted by atomic mass is 10.0. The average Bonchev–Trinajstić information content (AvgIpc) is 2.79. The molecule has 3 N–H and O–H groups in total. The molecular weight excluding hydrogens is 368 g/mol. The summed E-state index contributed by atoms with van der Waals surface area (Å²) >= 11 is 0. The van der Waals surface area contributed by atoms with Crippen molar-refractivity contribution < 1.29 is 19.5 Å². The molecule has 1 unspecified atom stereocenters. The molecule has 3 aromatic carbocycles. The van der Waals surface area contributed by atoms with Crippen LogP contribution in [-0.4, -0.2) is 23.1 Å². The van der Waals surface area contributed by atoms with Crippen LogP contribution in [0, 0.1) is 0 Å². The molecule has 0 spiro atoms. The number of aryl methyl sites for hydroxylation is 1. The van der Waals surface area contributed by atoms with E-state index in [0.29, 0.717) is 29.8 Å². The van der Waals surface area contributed by atoms with Crippen molar-refractivity contribution in [2.45, 2.75) is 18.9 Å². The first-order valence-electron chi connectivity index (χ1n) is 9.34. The van der Waals surface area contributed by atoms with E-state index in [0.717, 1.165) is 16.7 Å². The Hall–Kier alpha value is -3.64. The van der Waals surface area contributed by atoms with E-state index in [9.17, 15) is 9.59 Å². The van der Waals surface area contributed by atoms with Crippen molar-refractivity contribution in [3.63, 3.8) is 0 Å². The number of rotatable bonds is 4. The highest BCUT2D eigenvalue weighted by Gasteiger charge is 2.26. The number of hydroxylamine groups is 1. The molecule has 0 aliphatic carbocycles. The minimum atomic E-state index is -0.712. The lowest BCUT2D eigenvalue weighted by molar-refractivity contribution is -0.137. The summed E-state index contributed by atoms with van der Waals surface area (Å²) < 4.78 is 5.60. The second kappa shape index (κ2) is 8.16. The fourth-order valence-electron chi connectivity index (χ4n) is 3.37. The Morgan fingerprint density at radius 2 is 1.66 bits per heavy atom. The van der Waals surface area contributed by atoms with Gasteiger partial charge in [-0.3, -0.25) is 14.8 Å². The van der Waals surface area contributed by atoms with Crippen LogP contribution >= 0.6 is 0 Å². The van der Waals surface area contributed by atoms with Crippen LogP contribution in [0.25, 0.3) is 11.1 Å². The van der Waals surface area contributed by atoms with Gasteiger partial charge in [0.15, 0.2) is 6.10 Å². The zero-order valence-electron chi connectivity index (χ0n) is 15.6. The monoisotopic (exact) mass is 388 g/mol. The lowest BCUT2D eigenvalue weighted by Crippen LogP contribution is -2.38. The third kappa shape index (κ3) is 4.12. The quantitative estimate of drug-likeness (QED) is 0.469. The Kier molecular flexibility index (Phi) is 5.27. The van der Waals surface area contributed by atoms with E-state index in [-0.39, 0.29) is 5.91 Å². The molecule has 29 heavy (non-hydrogen) atoms. The summed E-state index contributed by atoms with van der Waals surface area (Å²) in [4.78, 5) is 24.1. The molecule has 1 aliphatic rings. The first kappa shape index (κ1) is 18.7. The SMILES string of the molecule is O=C(Nc1ccc2c(c1)CCC(C(=O)NO)O2)c1ccc(-c2ccccc2)cc1. The van der Waals surface area contributed by atoms with Crippen molar-refractivity contribution in [3.05, 3.63) is 83.9 Å². The Morgan fingerprint density at radius 1 is 0.931 bits per heavy atom. The molecule has 4 rings (SSSR count). The van der Waals surface area contributed by atoms with Crippen LogP contribution in [0.4, 0.5) is 5.69 Å². The van der Waals surface area contributed by atoms with Gasteiger partial charge in [0.05, 0.1) is 0 Å². The van der Waals surface area contributed by atoms with Gasteiger partial charge in [-0.25, -0.2) is 5.48 Å². The van der Waals surface area contributed by atoms with Gasteiger partial charge in [0, 0.05) is 11.3 Å². The number of benzene rings is 3. The molecule has 1 aliphatic heterocycles. The normalized spacial score (nSPS) is 15.0. The van der Waals surface area contributed by atoms with Gasteiger partial charge in [-0.15, -0.1) is 0 Å². The predicted octanol–water partition coefficient (Wildman–Crippen LogP) is 3.80. The highest BCUT2D eigenvalue weighted by molar-refractivity contribution is 6.04. The maximum absolute atomic E-state index is 12.6. The van der Waals surface area contributed by atoms with Crippen LogP contribution in [-0.2, 0) is 11.2 Å². The van der Waals surface area contributed by atoms with Crippen LogP contribution < -0.4 is 15.5 Å². The molecule has 2 amide bonds. The van der Waals surface area contributed by atoms with Gasteiger partial charge in [0.25, 0.3) is 11.8 Å². The Morgan fingerprint density at radius 3 is 2.38 bits per heavy atom. The second-order valence-electron chi connectivity index (χ2n) is 6.84. The van der Waals surface area contributed by atoms with Crippen molar-refractivity contribution in [3.8, 4) is 16.9 Å². The molecule has 0 bridgehead atoms. The Bertz CT molecular complexity index is 1030. The summed E-state index contributed by atoms with van der Waals surface area (Å²) in [7, 11) is 0. The van der Waals surface area contributed by atoms with Crippen molar-refractivity contribution in [1.82, 2.24) is 5.48 Å². The van der Waals surface area contributed by atoms with Crippen molar-refractivity contribution in [2.24, 2.45) is 0 Å². The van der Waals surface area contributed by atoms with Crippen molar-refractivity contribution >= 4 is 17.5 Å². The number of carbonyl (C=O) groups is 2. The van der Waals surface area contributed by atoms with Crippen LogP contribution in [0.15, 0.2) is 72.8 Å². The number of hydrogen-bond acceptors (Lipinski definition) is 4. The number of carbonyl (C=O) groups excluding carboxylic acids is 2. The van der Waals surface area contributed by atoms with Gasteiger partial charge in [0.2, 0.25) is 0 Å². The molecule has 0 saturated heterocycles. The summed E-state index contributed by atoms with van der Waals surface area (Å²) in [6, 6.07) is 22.7. The Balaban J connectivity index is 1.44. The van der Waals surface area contributed by atoms with E-state index in [1.54, 1.807) is 29.7 Å². The van der Waals surface area contributed by atoms with Crippen molar-refractivity contribution in [1.29, 1.82) is 0 Å². The maximum atomic E-state index is 12.6. The van der Waals surface area contributed by atoms with E-state index in [2.05, 4.69) is 5.32 Å². The van der Waals surface area contributed by atoms with Gasteiger partial charge in [-0.1, -0.05) is 42.5 Å². The lowest BCUT2D eigenvalue weighted by Gasteiger charge is -2.24. The van der Waals surface area contributed by atoms with E-state index in [4.69, 9.17) is 9.94 Å². The fourth-order valence-corrected chi connectivity index (χ4v) is 3.37. The number of nitrogens with one attached hydrogen (secondary N) is 2. The topological polar surface area (TPSA) is 87.7 Å². The average molecular weight is 388 g/mol. The summed E-state index contributed by atoms with van der Waals surface area (Å²) in [5.74, 6) is -0.180. The maximum Gasteiger partial charge on any atom is 0.284 e. The molecule has 6 nitrogen and oxygen atoms in total. The van der Waals surface area contributed by atoms with Crippen LogP contribution in [0.3, 0.4) is 0 Å². The minimum absolute atomic E-state index is 0.196. The smallest absolute Gasteiger partial charge is 0.284 e. The zero-order valence-corrected chi connectivity index (χ0v) is 15.6. The van der Waals surface area contributed by atoms with Gasteiger partial charge in [0.1, 0.15) is 5.75 Å². The van der Waals surface area contributed by atoms with E-state index in [1.807, 2.05) is 48.5 Å². The summed E-state index contributed by atoms with van der Waals surface area (Å²) in [5, 5.41) is 11.6. The first-order chi connectivity index (χ1) is 14.1. The number of hydrogen-bond donors (Lipinski definition) is 3. The van der Waals surface area contributed by atoms with Crippen molar-refractivity contribution in [2.75, 3.05) is 5.32 Å². The van der Waals surface area contributed by atoms with Gasteiger partial charge in [-0.05, 0) is 59.9 Å². The second-order valence-corrected chi connectivity index (χ2v) is 6.84. The zero-order chi connectivity index (χ0) is 20.2. The number of ether oxygens (including phenoxy) is 1. The first-order valence-corrected chi connectivity index (χ1v) is 9.34. The highest BCUT2D eigenvalue weighted by atomic mass is 16.5. The molecular formula is C23H20N2O4. The van der Waals surface area contributed by atoms with Crippen LogP contribution in [0.1, 0.15) is 22.3 Å². The van der Waals surface area contributed by atoms with Gasteiger partial charge >= 0.3 is 0 Å². The molecule has 3 aromatic rings. The molecule has 1 atom stereocenters. The third-order valence-corrected chi connectivity index (χ3v) is 4.92. The summed E-state index contributed by atoms with van der Waals surface area (Å²) in [6.07, 6.45) is 0.358. The number of amides is 2. The highest BCUT2D eigenvalue weighted by Crippen LogP contribution is 2.30. The number of fused-ring (bicyclic) bond motifs is 1. The Labute approximate surface area is 168 Å². The summed E-state index contributed by atoms with van der Waals surface area (Å²) in [6.45, 7) is 0. The largest absolute Gasteiger partial charge is 0.480 e.